The maximum Gasteiger partial charge on any atom is 0.317 e. The van der Waals surface area contributed by atoms with Crippen molar-refractivity contribution >= 4 is 11.8 Å². The van der Waals surface area contributed by atoms with Gasteiger partial charge in [-0.1, -0.05) is 26.7 Å². The molecule has 0 bridgehead atoms. The van der Waals surface area contributed by atoms with Gasteiger partial charge < -0.3 is 4.74 Å². The molecule has 0 aliphatic heterocycles. The molecule has 0 spiro atoms. The highest BCUT2D eigenvalue weighted by molar-refractivity contribution is 6.01. The van der Waals surface area contributed by atoms with E-state index in [1.807, 2.05) is 0 Å². The van der Waals surface area contributed by atoms with Crippen LogP contribution in [0.2, 0.25) is 0 Å². The number of Topliss-reactive ketones (excluding diaryl/α,β-unsaturated/α-hetero) is 1. The van der Waals surface area contributed by atoms with E-state index in [4.69, 9.17) is 4.74 Å². The SMILES string of the molecule is CCCC[C@]1(C)CCC(=O)C1C(=O)OCC. The van der Waals surface area contributed by atoms with Gasteiger partial charge in [-0.25, -0.2) is 0 Å². The Labute approximate surface area is 97.5 Å². The van der Waals surface area contributed by atoms with Gasteiger partial charge in [0, 0.05) is 6.42 Å². The van der Waals surface area contributed by atoms with Crippen molar-refractivity contribution < 1.29 is 14.3 Å². The molecule has 92 valence electrons. The lowest BCUT2D eigenvalue weighted by molar-refractivity contribution is -0.154. The number of hydrogen-bond acceptors (Lipinski definition) is 3. The summed E-state index contributed by atoms with van der Waals surface area (Å²) in [5, 5.41) is 0. The van der Waals surface area contributed by atoms with E-state index in [-0.39, 0.29) is 17.2 Å². The number of hydrogen-bond donors (Lipinski definition) is 0. The summed E-state index contributed by atoms with van der Waals surface area (Å²) in [6.45, 7) is 6.31. The lowest BCUT2D eigenvalue weighted by atomic mass is 9.75. The van der Waals surface area contributed by atoms with E-state index in [0.29, 0.717) is 13.0 Å². The number of rotatable bonds is 5. The Bertz CT molecular complexity index is 272. The molecule has 0 aromatic rings. The molecule has 1 rings (SSSR count). The first kappa shape index (κ1) is 13.2. The van der Waals surface area contributed by atoms with E-state index in [1.54, 1.807) is 6.92 Å². The highest BCUT2D eigenvalue weighted by atomic mass is 16.5. The van der Waals surface area contributed by atoms with Crippen molar-refractivity contribution in [2.24, 2.45) is 11.3 Å². The monoisotopic (exact) mass is 226 g/mol. The van der Waals surface area contributed by atoms with Gasteiger partial charge in [0.1, 0.15) is 11.7 Å². The van der Waals surface area contributed by atoms with E-state index in [1.165, 1.54) is 0 Å². The maximum atomic E-state index is 11.8. The molecule has 0 amide bonds. The highest BCUT2D eigenvalue weighted by Gasteiger charge is 2.48. The van der Waals surface area contributed by atoms with E-state index < -0.39 is 5.92 Å². The number of ketones is 1. The first-order valence-electron chi connectivity index (χ1n) is 6.24. The molecule has 0 aromatic heterocycles. The second-order valence-corrected chi connectivity index (χ2v) is 4.91. The Morgan fingerprint density at radius 2 is 2.19 bits per heavy atom. The minimum atomic E-state index is -0.515. The zero-order chi connectivity index (χ0) is 12.2. The number of carbonyl (C=O) groups excluding carboxylic acids is 2. The quantitative estimate of drug-likeness (QED) is 0.534. The van der Waals surface area contributed by atoms with Crippen LogP contribution in [-0.4, -0.2) is 18.4 Å². The molecule has 2 atom stereocenters. The van der Waals surface area contributed by atoms with Gasteiger partial charge in [0.05, 0.1) is 6.61 Å². The van der Waals surface area contributed by atoms with Crippen molar-refractivity contribution in [1.82, 2.24) is 0 Å². The maximum absolute atomic E-state index is 11.8. The number of carbonyl (C=O) groups is 2. The van der Waals surface area contributed by atoms with Crippen LogP contribution in [0.3, 0.4) is 0 Å². The summed E-state index contributed by atoms with van der Waals surface area (Å²) in [6, 6.07) is 0. The predicted molar refractivity (Wildman–Crippen MR) is 62.0 cm³/mol. The summed E-state index contributed by atoms with van der Waals surface area (Å²) in [5.74, 6) is -0.764. The normalized spacial score (nSPS) is 29.4. The van der Waals surface area contributed by atoms with Crippen LogP contribution in [-0.2, 0) is 14.3 Å². The summed E-state index contributed by atoms with van der Waals surface area (Å²) in [6.07, 6.45) is 4.47. The third-order valence-corrected chi connectivity index (χ3v) is 3.59. The average molecular weight is 226 g/mol. The van der Waals surface area contributed by atoms with Crippen molar-refractivity contribution in [2.45, 2.75) is 52.9 Å². The van der Waals surface area contributed by atoms with Crippen molar-refractivity contribution in [2.75, 3.05) is 6.61 Å². The molecule has 0 N–H and O–H groups in total. The molecule has 3 nitrogen and oxygen atoms in total. The minimum Gasteiger partial charge on any atom is -0.465 e. The van der Waals surface area contributed by atoms with Gasteiger partial charge in [-0.05, 0) is 25.2 Å². The molecule has 0 saturated heterocycles. The summed E-state index contributed by atoms with van der Waals surface area (Å²) < 4.78 is 5.01. The molecule has 0 radical (unpaired) electrons. The molecule has 1 saturated carbocycles. The average Bonchev–Trinajstić information content (AvgIpc) is 2.53. The molecule has 1 aliphatic carbocycles. The van der Waals surface area contributed by atoms with Crippen molar-refractivity contribution in [3.63, 3.8) is 0 Å². The Morgan fingerprint density at radius 1 is 1.50 bits per heavy atom. The van der Waals surface area contributed by atoms with Crippen LogP contribution < -0.4 is 0 Å². The van der Waals surface area contributed by atoms with Crippen LogP contribution in [0.1, 0.15) is 52.9 Å². The fraction of sp³-hybridized carbons (Fsp3) is 0.846. The Kier molecular flexibility index (Phi) is 4.51. The predicted octanol–water partition coefficient (Wildman–Crippen LogP) is 2.73. The standard InChI is InChI=1S/C13H22O3/c1-4-6-8-13(3)9-7-10(14)11(13)12(15)16-5-2/h11H,4-9H2,1-3H3/t11?,13-/m1/s1. The van der Waals surface area contributed by atoms with Gasteiger partial charge in [0.15, 0.2) is 0 Å². The van der Waals surface area contributed by atoms with Crippen LogP contribution in [0.5, 0.6) is 0 Å². The number of unbranched alkanes of at least 4 members (excludes halogenated alkanes) is 1. The third kappa shape index (κ3) is 2.63. The summed E-state index contributed by atoms with van der Waals surface area (Å²) in [7, 11) is 0. The molecule has 16 heavy (non-hydrogen) atoms. The Morgan fingerprint density at radius 3 is 2.75 bits per heavy atom. The second kappa shape index (κ2) is 5.46. The van der Waals surface area contributed by atoms with Crippen LogP contribution in [0.25, 0.3) is 0 Å². The topological polar surface area (TPSA) is 43.4 Å². The molecule has 1 unspecified atom stereocenters. The lowest BCUT2D eigenvalue weighted by Gasteiger charge is -2.28. The van der Waals surface area contributed by atoms with Gasteiger partial charge in [0.2, 0.25) is 0 Å². The second-order valence-electron chi connectivity index (χ2n) is 4.91. The van der Waals surface area contributed by atoms with Gasteiger partial charge in [-0.3, -0.25) is 9.59 Å². The van der Waals surface area contributed by atoms with Crippen LogP contribution >= 0.6 is 0 Å². The van der Waals surface area contributed by atoms with E-state index >= 15 is 0 Å². The van der Waals surface area contributed by atoms with Crippen molar-refractivity contribution in [3.8, 4) is 0 Å². The van der Waals surface area contributed by atoms with E-state index in [2.05, 4.69) is 13.8 Å². The summed E-state index contributed by atoms with van der Waals surface area (Å²) in [4.78, 5) is 23.6. The third-order valence-electron chi connectivity index (χ3n) is 3.59. The van der Waals surface area contributed by atoms with Gasteiger partial charge in [-0.15, -0.1) is 0 Å². The summed E-state index contributed by atoms with van der Waals surface area (Å²) in [5.41, 5.74) is -0.167. The fourth-order valence-corrected chi connectivity index (χ4v) is 2.58. The van der Waals surface area contributed by atoms with Gasteiger partial charge >= 0.3 is 5.97 Å². The lowest BCUT2D eigenvalue weighted by Crippen LogP contribution is -2.34. The molecule has 1 fully saturated rings. The van der Waals surface area contributed by atoms with Crippen LogP contribution in [0.15, 0.2) is 0 Å². The zero-order valence-electron chi connectivity index (χ0n) is 10.5. The fourth-order valence-electron chi connectivity index (χ4n) is 2.58. The van der Waals surface area contributed by atoms with E-state index in [0.717, 1.165) is 25.7 Å². The van der Waals surface area contributed by atoms with Crippen molar-refractivity contribution in [1.29, 1.82) is 0 Å². The van der Waals surface area contributed by atoms with Crippen molar-refractivity contribution in [3.05, 3.63) is 0 Å². The molecular weight excluding hydrogens is 204 g/mol. The minimum absolute atomic E-state index is 0.0667. The zero-order valence-corrected chi connectivity index (χ0v) is 10.5. The van der Waals surface area contributed by atoms with Crippen LogP contribution in [0.4, 0.5) is 0 Å². The summed E-state index contributed by atoms with van der Waals surface area (Å²) >= 11 is 0. The van der Waals surface area contributed by atoms with E-state index in [9.17, 15) is 9.59 Å². The Hall–Kier alpha value is -0.860. The van der Waals surface area contributed by atoms with Gasteiger partial charge in [-0.2, -0.15) is 0 Å². The smallest absolute Gasteiger partial charge is 0.317 e. The number of ether oxygens (including phenoxy) is 1. The largest absolute Gasteiger partial charge is 0.465 e. The molecule has 3 heteroatoms. The highest BCUT2D eigenvalue weighted by Crippen LogP contribution is 2.45. The first-order chi connectivity index (χ1) is 7.55. The first-order valence-corrected chi connectivity index (χ1v) is 6.24. The molecule has 0 heterocycles. The Balaban J connectivity index is 2.75. The van der Waals surface area contributed by atoms with Crippen LogP contribution in [0, 0.1) is 11.3 Å². The molecule has 1 aliphatic rings. The molecule has 0 aromatic carbocycles. The van der Waals surface area contributed by atoms with Gasteiger partial charge in [0.25, 0.3) is 0 Å². The molecular formula is C13H22O3. The number of esters is 1.